The number of hydrogen-bond donors (Lipinski definition) is 3. The monoisotopic (exact) mass is 422 g/mol. The Bertz CT molecular complexity index is 746. The number of esters is 2. The Morgan fingerprint density at radius 1 is 1.03 bits per heavy atom. The summed E-state index contributed by atoms with van der Waals surface area (Å²) in [7, 11) is 1.22. The molecule has 0 fully saturated rings. The largest absolute Gasteiger partial charge is 0.508 e. The van der Waals surface area contributed by atoms with Crippen LogP contribution in [0.4, 0.5) is 0 Å². The first-order valence-electron chi connectivity index (χ1n) is 9.63. The molecule has 0 aromatic heterocycles. The third kappa shape index (κ3) is 8.50. The molecule has 0 saturated carbocycles. The summed E-state index contributed by atoms with van der Waals surface area (Å²) >= 11 is 0. The van der Waals surface area contributed by atoms with Crippen molar-refractivity contribution >= 4 is 23.8 Å². The topological polar surface area (TPSA) is 131 Å². The van der Waals surface area contributed by atoms with Crippen LogP contribution < -0.4 is 10.6 Å². The molecule has 166 valence electrons. The van der Waals surface area contributed by atoms with Crippen molar-refractivity contribution in [2.24, 2.45) is 5.92 Å². The van der Waals surface area contributed by atoms with Gasteiger partial charge in [0.2, 0.25) is 5.91 Å². The van der Waals surface area contributed by atoms with Gasteiger partial charge in [-0.3, -0.25) is 14.4 Å². The van der Waals surface area contributed by atoms with E-state index in [1.807, 2.05) is 13.8 Å². The Hall–Kier alpha value is -3.10. The van der Waals surface area contributed by atoms with Crippen molar-refractivity contribution in [3.8, 4) is 5.75 Å². The Morgan fingerprint density at radius 3 is 2.10 bits per heavy atom. The van der Waals surface area contributed by atoms with Gasteiger partial charge in [0.25, 0.3) is 5.91 Å². The molecular weight excluding hydrogens is 392 g/mol. The van der Waals surface area contributed by atoms with Gasteiger partial charge in [-0.1, -0.05) is 26.0 Å². The number of rotatable bonds is 10. The number of methoxy groups -OCH3 is 1. The van der Waals surface area contributed by atoms with Crippen LogP contribution in [0.5, 0.6) is 5.75 Å². The number of aromatic hydroxyl groups is 1. The van der Waals surface area contributed by atoms with Crippen LogP contribution in [0.25, 0.3) is 0 Å². The first-order chi connectivity index (χ1) is 14.0. The number of amides is 2. The van der Waals surface area contributed by atoms with Gasteiger partial charge in [0.15, 0.2) is 6.10 Å². The normalized spacial score (nSPS) is 13.7. The molecule has 3 unspecified atom stereocenters. The van der Waals surface area contributed by atoms with Gasteiger partial charge in [-0.2, -0.15) is 0 Å². The second-order valence-corrected chi connectivity index (χ2v) is 7.42. The standard InChI is InChI=1S/C21H30N2O7/c1-12(2)10-18(21(28)29-5)23-20(27)19(30-14(4)25)17(22-13(3)24)11-15-6-8-16(26)9-7-15/h6-9,12,17-19,26H,10-11H2,1-5H3,(H,22,24)(H,23,27). The molecule has 0 heterocycles. The summed E-state index contributed by atoms with van der Waals surface area (Å²) in [5.41, 5.74) is 0.697. The molecular formula is C21H30N2O7. The van der Waals surface area contributed by atoms with Crippen molar-refractivity contribution in [2.75, 3.05) is 7.11 Å². The second-order valence-electron chi connectivity index (χ2n) is 7.42. The van der Waals surface area contributed by atoms with Crippen LogP contribution in [0.1, 0.15) is 39.7 Å². The molecule has 0 aliphatic rings. The zero-order valence-electron chi connectivity index (χ0n) is 17.9. The molecule has 9 heteroatoms. The molecule has 3 atom stereocenters. The fraction of sp³-hybridized carbons (Fsp3) is 0.524. The molecule has 0 bridgehead atoms. The minimum absolute atomic E-state index is 0.0683. The predicted octanol–water partition coefficient (Wildman–Crippen LogP) is 1.07. The average molecular weight is 422 g/mol. The van der Waals surface area contributed by atoms with Crippen LogP contribution in [0.2, 0.25) is 0 Å². The maximum absolute atomic E-state index is 13.0. The molecule has 0 aliphatic heterocycles. The van der Waals surface area contributed by atoms with Crippen molar-refractivity contribution in [1.82, 2.24) is 10.6 Å². The molecule has 2 amide bonds. The van der Waals surface area contributed by atoms with Gasteiger partial charge in [0.1, 0.15) is 11.8 Å². The molecule has 3 N–H and O–H groups in total. The maximum atomic E-state index is 13.0. The number of hydrogen-bond acceptors (Lipinski definition) is 7. The van der Waals surface area contributed by atoms with E-state index in [0.717, 1.165) is 6.92 Å². The second kappa shape index (κ2) is 11.8. The van der Waals surface area contributed by atoms with Crippen LogP contribution in [0, 0.1) is 5.92 Å². The third-order valence-corrected chi connectivity index (χ3v) is 4.21. The van der Waals surface area contributed by atoms with Crippen molar-refractivity contribution in [3.63, 3.8) is 0 Å². The van der Waals surface area contributed by atoms with E-state index in [4.69, 9.17) is 9.47 Å². The number of carbonyl (C=O) groups excluding carboxylic acids is 4. The molecule has 1 rings (SSSR count). The van der Waals surface area contributed by atoms with Gasteiger partial charge < -0.3 is 25.2 Å². The Kier molecular flexibility index (Phi) is 9.80. The van der Waals surface area contributed by atoms with Gasteiger partial charge in [-0.25, -0.2) is 4.79 Å². The van der Waals surface area contributed by atoms with Crippen molar-refractivity contribution in [2.45, 2.75) is 58.7 Å². The smallest absolute Gasteiger partial charge is 0.328 e. The fourth-order valence-corrected chi connectivity index (χ4v) is 2.96. The zero-order chi connectivity index (χ0) is 22.8. The predicted molar refractivity (Wildman–Crippen MR) is 108 cm³/mol. The third-order valence-electron chi connectivity index (χ3n) is 4.21. The number of carbonyl (C=O) groups is 4. The van der Waals surface area contributed by atoms with Crippen LogP contribution in [-0.4, -0.2) is 54.2 Å². The summed E-state index contributed by atoms with van der Waals surface area (Å²) < 4.78 is 9.98. The lowest BCUT2D eigenvalue weighted by Crippen LogP contribution is -2.56. The highest BCUT2D eigenvalue weighted by molar-refractivity contribution is 5.89. The Balaban J connectivity index is 3.16. The van der Waals surface area contributed by atoms with E-state index in [0.29, 0.717) is 12.0 Å². The molecule has 1 aromatic rings. The molecule has 30 heavy (non-hydrogen) atoms. The quantitative estimate of drug-likeness (QED) is 0.481. The number of ether oxygens (including phenoxy) is 2. The van der Waals surface area contributed by atoms with E-state index in [1.165, 1.54) is 26.2 Å². The molecule has 1 aromatic carbocycles. The van der Waals surface area contributed by atoms with Crippen molar-refractivity contribution in [1.29, 1.82) is 0 Å². The van der Waals surface area contributed by atoms with E-state index >= 15 is 0 Å². The van der Waals surface area contributed by atoms with Gasteiger partial charge in [-0.15, -0.1) is 0 Å². The van der Waals surface area contributed by atoms with E-state index in [9.17, 15) is 24.3 Å². The lowest BCUT2D eigenvalue weighted by molar-refractivity contribution is -0.158. The highest BCUT2D eigenvalue weighted by Crippen LogP contribution is 2.15. The maximum Gasteiger partial charge on any atom is 0.328 e. The fourth-order valence-electron chi connectivity index (χ4n) is 2.96. The number of nitrogens with one attached hydrogen (secondary N) is 2. The summed E-state index contributed by atoms with van der Waals surface area (Å²) in [4.78, 5) is 48.4. The first kappa shape index (κ1) is 24.9. The summed E-state index contributed by atoms with van der Waals surface area (Å²) in [6, 6.07) is 4.38. The van der Waals surface area contributed by atoms with Crippen LogP contribution in [0.15, 0.2) is 24.3 Å². The lowest BCUT2D eigenvalue weighted by Gasteiger charge is -2.28. The first-order valence-corrected chi connectivity index (χ1v) is 9.63. The summed E-state index contributed by atoms with van der Waals surface area (Å²) in [5, 5.41) is 14.7. The van der Waals surface area contributed by atoms with Gasteiger partial charge >= 0.3 is 11.9 Å². The number of benzene rings is 1. The highest BCUT2D eigenvalue weighted by atomic mass is 16.5. The average Bonchev–Trinajstić information content (AvgIpc) is 2.65. The molecule has 0 radical (unpaired) electrons. The zero-order valence-corrected chi connectivity index (χ0v) is 17.9. The summed E-state index contributed by atoms with van der Waals surface area (Å²) in [6.45, 7) is 6.20. The van der Waals surface area contributed by atoms with Crippen molar-refractivity contribution in [3.05, 3.63) is 29.8 Å². The van der Waals surface area contributed by atoms with E-state index < -0.39 is 41.9 Å². The SMILES string of the molecule is COC(=O)C(CC(C)C)NC(=O)C(OC(C)=O)C(Cc1ccc(O)cc1)NC(C)=O. The Labute approximate surface area is 176 Å². The summed E-state index contributed by atoms with van der Waals surface area (Å²) in [5.74, 6) is -2.32. The Morgan fingerprint density at radius 2 is 1.63 bits per heavy atom. The van der Waals surface area contributed by atoms with Crippen LogP contribution in [0.3, 0.4) is 0 Å². The van der Waals surface area contributed by atoms with Gasteiger partial charge in [-0.05, 0) is 36.5 Å². The highest BCUT2D eigenvalue weighted by Gasteiger charge is 2.35. The van der Waals surface area contributed by atoms with E-state index in [1.54, 1.807) is 12.1 Å². The minimum atomic E-state index is -1.38. The van der Waals surface area contributed by atoms with Gasteiger partial charge in [0.05, 0.1) is 13.2 Å². The lowest BCUT2D eigenvalue weighted by atomic mass is 9.99. The van der Waals surface area contributed by atoms with E-state index in [2.05, 4.69) is 10.6 Å². The van der Waals surface area contributed by atoms with Crippen molar-refractivity contribution < 1.29 is 33.8 Å². The molecule has 0 spiro atoms. The van der Waals surface area contributed by atoms with E-state index in [-0.39, 0.29) is 18.1 Å². The number of phenols is 1. The van der Waals surface area contributed by atoms with Crippen LogP contribution >= 0.6 is 0 Å². The van der Waals surface area contributed by atoms with Crippen LogP contribution in [-0.2, 0) is 35.1 Å². The molecule has 0 aliphatic carbocycles. The number of phenolic OH excluding ortho intramolecular Hbond substituents is 1. The molecule has 0 saturated heterocycles. The van der Waals surface area contributed by atoms with Gasteiger partial charge in [0, 0.05) is 13.8 Å². The molecule has 9 nitrogen and oxygen atoms in total. The minimum Gasteiger partial charge on any atom is -0.508 e. The summed E-state index contributed by atoms with van der Waals surface area (Å²) in [6.07, 6.45) is -0.897.